The molecule has 10 nitrogen and oxygen atoms in total. The molecule has 0 fully saturated rings. The van der Waals surface area contributed by atoms with Crippen LogP contribution in [0.25, 0.3) is 0 Å². The average Bonchev–Trinajstić information content (AvgIpc) is 2.67. The number of nitro groups is 1. The molecule has 0 aliphatic carbocycles. The predicted octanol–water partition coefficient (Wildman–Crippen LogP) is 2.45. The Morgan fingerprint density at radius 3 is 2.50 bits per heavy atom. The van der Waals surface area contributed by atoms with Gasteiger partial charge in [0, 0.05) is 12.1 Å². The maximum atomic E-state index is 10.6. The number of nitrogens with one attached hydrogen (secondary N) is 1. The molecule has 148 valence electrons. The molecule has 2 rings (SSSR count). The predicted molar refractivity (Wildman–Crippen MR) is 102 cm³/mol. The fourth-order valence-corrected chi connectivity index (χ4v) is 2.14. The third kappa shape index (κ3) is 6.48. The summed E-state index contributed by atoms with van der Waals surface area (Å²) < 4.78 is 16.7. The third-order valence-corrected chi connectivity index (χ3v) is 3.31. The summed E-state index contributed by atoms with van der Waals surface area (Å²) in [4.78, 5) is 20.8. The van der Waals surface area contributed by atoms with Gasteiger partial charge in [-0.25, -0.2) is 10.2 Å². The van der Waals surface area contributed by atoms with Gasteiger partial charge in [-0.3, -0.25) is 10.1 Å². The monoisotopic (exact) mass is 388 g/mol. The molecule has 0 atom stereocenters. The molecule has 10 heteroatoms. The zero-order valence-corrected chi connectivity index (χ0v) is 15.2. The third-order valence-electron chi connectivity index (χ3n) is 3.31. The molecule has 2 aromatic rings. The molecule has 0 bridgehead atoms. The van der Waals surface area contributed by atoms with Crippen LogP contribution in [0.2, 0.25) is 0 Å². The Hall–Kier alpha value is -3.82. The number of nitrogens with zero attached hydrogens (tertiary/aromatic N) is 2. The van der Waals surface area contributed by atoms with E-state index in [0.29, 0.717) is 29.4 Å². The second kappa shape index (κ2) is 10.4. The minimum atomic E-state index is -0.755. The van der Waals surface area contributed by atoms with Crippen molar-refractivity contribution in [2.24, 2.45) is 10.8 Å². The van der Waals surface area contributed by atoms with Gasteiger partial charge >= 0.3 is 6.03 Å². The second-order valence-electron chi connectivity index (χ2n) is 5.32. The maximum absolute atomic E-state index is 10.6. The molecule has 2 aromatic carbocycles. The number of primary amides is 1. The van der Waals surface area contributed by atoms with Gasteiger partial charge < -0.3 is 19.9 Å². The highest BCUT2D eigenvalue weighted by Crippen LogP contribution is 2.28. The summed E-state index contributed by atoms with van der Waals surface area (Å²) >= 11 is 0. The van der Waals surface area contributed by atoms with Gasteiger partial charge in [-0.05, 0) is 42.8 Å². The lowest BCUT2D eigenvalue weighted by Gasteiger charge is -2.13. The van der Waals surface area contributed by atoms with E-state index in [1.807, 2.05) is 6.92 Å². The van der Waals surface area contributed by atoms with E-state index in [9.17, 15) is 14.9 Å². The van der Waals surface area contributed by atoms with Gasteiger partial charge in [-0.1, -0.05) is 0 Å². The fraction of sp³-hybridized carbons (Fsp3) is 0.222. The molecule has 0 spiro atoms. The molecular weight excluding hydrogens is 368 g/mol. The average molecular weight is 388 g/mol. The first-order valence-corrected chi connectivity index (χ1v) is 8.35. The minimum absolute atomic E-state index is 0.000357. The van der Waals surface area contributed by atoms with Crippen LogP contribution in [0, 0.1) is 10.1 Å². The van der Waals surface area contributed by atoms with Gasteiger partial charge in [0.1, 0.15) is 19.0 Å². The molecule has 2 amide bonds. The van der Waals surface area contributed by atoms with Crippen molar-refractivity contribution in [2.75, 3.05) is 19.8 Å². The molecule has 0 aliphatic heterocycles. The van der Waals surface area contributed by atoms with Gasteiger partial charge in [0.05, 0.1) is 17.7 Å². The Bertz CT molecular complexity index is 838. The summed E-state index contributed by atoms with van der Waals surface area (Å²) in [5.41, 5.74) is 7.73. The van der Waals surface area contributed by atoms with Crippen LogP contribution in [0.3, 0.4) is 0 Å². The van der Waals surface area contributed by atoms with Crippen LogP contribution in [-0.4, -0.2) is 37.0 Å². The van der Waals surface area contributed by atoms with E-state index < -0.39 is 11.0 Å². The summed E-state index contributed by atoms with van der Waals surface area (Å²) in [6.07, 6.45) is 1.43. The van der Waals surface area contributed by atoms with E-state index in [-0.39, 0.29) is 18.9 Å². The Morgan fingerprint density at radius 2 is 1.86 bits per heavy atom. The van der Waals surface area contributed by atoms with Crippen molar-refractivity contribution in [1.82, 2.24) is 5.43 Å². The van der Waals surface area contributed by atoms with E-state index >= 15 is 0 Å². The lowest BCUT2D eigenvalue weighted by molar-refractivity contribution is -0.384. The quantitative estimate of drug-likeness (QED) is 0.277. The van der Waals surface area contributed by atoms with Crippen LogP contribution in [0.5, 0.6) is 17.2 Å². The smallest absolute Gasteiger partial charge is 0.332 e. The Labute approximate surface area is 161 Å². The van der Waals surface area contributed by atoms with Crippen molar-refractivity contribution in [3.63, 3.8) is 0 Å². The molecule has 0 aromatic heterocycles. The standard InChI is InChI=1S/C18H20N4O6/c1-2-26-17-11-13(12-20-21-18(19)23)3-8-16(17)28-10-9-27-15-6-4-14(5-7-15)22(24)25/h3-8,11-12H,2,9-10H2,1H3,(H3,19,21,23)/b20-12+. The molecule has 0 radical (unpaired) electrons. The normalized spacial score (nSPS) is 10.5. The zero-order valence-electron chi connectivity index (χ0n) is 15.2. The first kappa shape index (κ1) is 20.5. The first-order chi connectivity index (χ1) is 13.5. The molecule has 0 aliphatic rings. The van der Waals surface area contributed by atoms with Crippen LogP contribution in [0.1, 0.15) is 12.5 Å². The summed E-state index contributed by atoms with van der Waals surface area (Å²) in [7, 11) is 0. The zero-order chi connectivity index (χ0) is 20.4. The Balaban J connectivity index is 1.90. The number of hydrogen-bond donors (Lipinski definition) is 2. The molecule has 0 saturated heterocycles. The molecule has 28 heavy (non-hydrogen) atoms. The van der Waals surface area contributed by atoms with Gasteiger partial charge in [0.15, 0.2) is 11.5 Å². The molecule has 0 unspecified atom stereocenters. The van der Waals surface area contributed by atoms with Crippen molar-refractivity contribution in [1.29, 1.82) is 0 Å². The largest absolute Gasteiger partial charge is 0.490 e. The first-order valence-electron chi connectivity index (χ1n) is 8.35. The lowest BCUT2D eigenvalue weighted by atomic mass is 10.2. The SMILES string of the molecule is CCOc1cc(/C=N/NC(N)=O)ccc1OCCOc1ccc([N+](=O)[O-])cc1. The highest BCUT2D eigenvalue weighted by molar-refractivity contribution is 5.82. The number of amides is 2. The molecule has 0 saturated carbocycles. The summed E-state index contributed by atoms with van der Waals surface area (Å²) in [5.74, 6) is 1.54. The fourth-order valence-electron chi connectivity index (χ4n) is 2.14. The number of urea groups is 1. The van der Waals surface area contributed by atoms with Gasteiger partial charge in [0.25, 0.3) is 5.69 Å². The summed E-state index contributed by atoms with van der Waals surface area (Å²) in [6, 6.07) is 10.2. The second-order valence-corrected chi connectivity index (χ2v) is 5.32. The Morgan fingerprint density at radius 1 is 1.14 bits per heavy atom. The highest BCUT2D eigenvalue weighted by atomic mass is 16.6. The highest BCUT2D eigenvalue weighted by Gasteiger charge is 2.07. The number of carbonyl (C=O) groups is 1. The molecular formula is C18H20N4O6. The van der Waals surface area contributed by atoms with E-state index in [1.165, 1.54) is 30.5 Å². The van der Waals surface area contributed by atoms with Crippen LogP contribution in [-0.2, 0) is 0 Å². The number of non-ortho nitro benzene ring substituents is 1. The number of rotatable bonds is 10. The van der Waals surface area contributed by atoms with Crippen LogP contribution in [0.4, 0.5) is 10.5 Å². The van der Waals surface area contributed by atoms with Gasteiger partial charge in [-0.15, -0.1) is 0 Å². The topological polar surface area (TPSA) is 138 Å². The number of nitrogens with two attached hydrogens (primary N) is 1. The number of benzene rings is 2. The van der Waals surface area contributed by atoms with E-state index in [2.05, 4.69) is 10.5 Å². The van der Waals surface area contributed by atoms with Crippen molar-refractivity contribution < 1.29 is 23.9 Å². The van der Waals surface area contributed by atoms with Crippen molar-refractivity contribution in [2.45, 2.75) is 6.92 Å². The summed E-state index contributed by atoms with van der Waals surface area (Å²) in [6.45, 7) is 2.77. The van der Waals surface area contributed by atoms with Gasteiger partial charge in [0.2, 0.25) is 0 Å². The Kier molecular flexibility index (Phi) is 7.58. The van der Waals surface area contributed by atoms with Crippen molar-refractivity contribution in [3.8, 4) is 17.2 Å². The molecule has 3 N–H and O–H groups in total. The van der Waals surface area contributed by atoms with E-state index in [4.69, 9.17) is 19.9 Å². The maximum Gasteiger partial charge on any atom is 0.332 e. The lowest BCUT2D eigenvalue weighted by Crippen LogP contribution is -2.24. The molecule has 0 heterocycles. The number of hydrogen-bond acceptors (Lipinski definition) is 7. The van der Waals surface area contributed by atoms with Crippen LogP contribution >= 0.6 is 0 Å². The van der Waals surface area contributed by atoms with E-state index in [0.717, 1.165) is 0 Å². The van der Waals surface area contributed by atoms with Crippen LogP contribution in [0.15, 0.2) is 47.6 Å². The van der Waals surface area contributed by atoms with Crippen LogP contribution < -0.4 is 25.4 Å². The number of ether oxygens (including phenoxy) is 3. The van der Waals surface area contributed by atoms with Crippen molar-refractivity contribution >= 4 is 17.9 Å². The van der Waals surface area contributed by atoms with Crippen molar-refractivity contribution in [3.05, 3.63) is 58.1 Å². The summed E-state index contributed by atoms with van der Waals surface area (Å²) in [5, 5.41) is 14.3. The number of carbonyl (C=O) groups excluding carboxylic acids is 1. The number of hydrazone groups is 1. The minimum Gasteiger partial charge on any atom is -0.490 e. The van der Waals surface area contributed by atoms with Gasteiger partial charge in [-0.2, -0.15) is 5.10 Å². The number of nitro benzene ring substituents is 1. The van der Waals surface area contributed by atoms with E-state index in [1.54, 1.807) is 18.2 Å².